The maximum atomic E-state index is 10.6. The van der Waals surface area contributed by atoms with Crippen LogP contribution in [0, 0.1) is 10.1 Å². The van der Waals surface area contributed by atoms with Gasteiger partial charge in [-0.1, -0.05) is 19.9 Å². The Morgan fingerprint density at radius 3 is 2.38 bits per heavy atom. The van der Waals surface area contributed by atoms with Crippen LogP contribution in [0.4, 0.5) is 5.69 Å². The third-order valence-electron chi connectivity index (χ3n) is 2.95. The molecule has 0 aromatic heterocycles. The quantitative estimate of drug-likeness (QED) is 0.606. The predicted octanol–water partition coefficient (Wildman–Crippen LogP) is 4.18. The number of benzene rings is 1. The zero-order valence-electron chi connectivity index (χ0n) is 13.1. The molecule has 0 unspecified atom stereocenters. The van der Waals surface area contributed by atoms with Crippen LogP contribution in [-0.4, -0.2) is 23.9 Å². The Morgan fingerprint density at radius 2 is 1.81 bits per heavy atom. The van der Waals surface area contributed by atoms with Gasteiger partial charge in [0.2, 0.25) is 0 Å². The Bertz CT molecular complexity index is 492. The second kappa shape index (κ2) is 7.90. The molecule has 1 aliphatic heterocycles. The lowest BCUT2D eigenvalue weighted by Crippen LogP contribution is -2.26. The van der Waals surface area contributed by atoms with E-state index in [1.54, 1.807) is 12.1 Å². The van der Waals surface area contributed by atoms with Crippen molar-refractivity contribution in [2.24, 2.45) is 0 Å². The fraction of sp³-hybridized carbons (Fsp3) is 0.500. The summed E-state index contributed by atoms with van der Waals surface area (Å²) in [5, 5.41) is 10.6. The first kappa shape index (κ1) is 17.3. The van der Waals surface area contributed by atoms with Gasteiger partial charge in [-0.15, -0.1) is 0 Å². The Kier molecular flexibility index (Phi) is 6.52. The minimum absolute atomic E-state index is 0.101. The molecule has 0 spiro atoms. The maximum Gasteiger partial charge on any atom is 0.269 e. The monoisotopic (exact) mass is 293 g/mol. The van der Waals surface area contributed by atoms with Crippen molar-refractivity contribution in [3.63, 3.8) is 0 Å². The highest BCUT2D eigenvalue weighted by Gasteiger charge is 2.22. The zero-order chi connectivity index (χ0) is 15.9. The van der Waals surface area contributed by atoms with Crippen LogP contribution in [-0.2, 0) is 9.47 Å². The van der Waals surface area contributed by atoms with E-state index in [4.69, 9.17) is 9.47 Å². The molecule has 0 atom stereocenters. The molecule has 1 aliphatic rings. The molecule has 1 fully saturated rings. The molecular weight excluding hydrogens is 270 g/mol. The van der Waals surface area contributed by atoms with Gasteiger partial charge in [-0.3, -0.25) is 10.1 Å². The van der Waals surface area contributed by atoms with Gasteiger partial charge < -0.3 is 9.47 Å². The molecule has 1 heterocycles. The van der Waals surface area contributed by atoms with Crippen molar-refractivity contribution in [3.8, 4) is 0 Å². The fourth-order valence-electron chi connectivity index (χ4n) is 1.85. The van der Waals surface area contributed by atoms with Crippen molar-refractivity contribution < 1.29 is 14.4 Å². The largest absolute Gasteiger partial charge is 0.350 e. The van der Waals surface area contributed by atoms with Gasteiger partial charge in [0, 0.05) is 12.1 Å². The average molecular weight is 293 g/mol. The van der Waals surface area contributed by atoms with Gasteiger partial charge in [0.05, 0.1) is 18.1 Å². The van der Waals surface area contributed by atoms with Crippen molar-refractivity contribution in [1.82, 2.24) is 0 Å². The number of ether oxygens (including phenoxy) is 2. The molecule has 1 saturated heterocycles. The summed E-state index contributed by atoms with van der Waals surface area (Å²) in [7, 11) is 0. The summed E-state index contributed by atoms with van der Waals surface area (Å²) in [6.45, 7) is 8.92. The molecule has 21 heavy (non-hydrogen) atoms. The first-order valence-corrected chi connectivity index (χ1v) is 7.18. The van der Waals surface area contributed by atoms with E-state index in [0.29, 0.717) is 13.2 Å². The standard InChI is InChI=1S/C14H17NO4.C2H6/c1-14(2)18-8-7-12(10-19-14)9-11-3-5-13(6-4-11)15(16)17;1-2/h3-6,9H,7-8,10H2,1-2H3;1-2H3/b12-9-;. The second-order valence-electron chi connectivity index (χ2n) is 4.94. The third kappa shape index (κ3) is 5.65. The van der Waals surface area contributed by atoms with Gasteiger partial charge in [-0.25, -0.2) is 0 Å². The molecule has 0 radical (unpaired) electrons. The maximum absolute atomic E-state index is 10.6. The van der Waals surface area contributed by atoms with Crippen LogP contribution in [0.15, 0.2) is 29.8 Å². The van der Waals surface area contributed by atoms with Crippen molar-refractivity contribution in [1.29, 1.82) is 0 Å². The molecule has 1 aromatic rings. The van der Waals surface area contributed by atoms with Gasteiger partial charge >= 0.3 is 0 Å². The van der Waals surface area contributed by atoms with Crippen molar-refractivity contribution >= 4 is 11.8 Å². The van der Waals surface area contributed by atoms with Gasteiger partial charge in [0.25, 0.3) is 5.69 Å². The molecule has 0 N–H and O–H groups in total. The first-order valence-electron chi connectivity index (χ1n) is 7.18. The van der Waals surface area contributed by atoms with Crippen molar-refractivity contribution in [2.45, 2.75) is 39.9 Å². The van der Waals surface area contributed by atoms with Crippen molar-refractivity contribution in [2.75, 3.05) is 13.2 Å². The number of nitro benzene ring substituents is 1. The summed E-state index contributed by atoms with van der Waals surface area (Å²) in [5.41, 5.74) is 2.16. The second-order valence-corrected chi connectivity index (χ2v) is 4.94. The van der Waals surface area contributed by atoms with Gasteiger partial charge in [0.1, 0.15) is 0 Å². The minimum atomic E-state index is -0.551. The van der Waals surface area contributed by atoms with Crippen LogP contribution < -0.4 is 0 Å². The number of non-ortho nitro benzene ring substituents is 1. The Hall–Kier alpha value is -1.72. The average Bonchev–Trinajstić information content (AvgIpc) is 2.63. The number of nitrogens with zero attached hydrogens (tertiary/aromatic N) is 1. The van der Waals surface area contributed by atoms with Crippen LogP contribution in [0.1, 0.15) is 39.7 Å². The Balaban J connectivity index is 0.00000106. The van der Waals surface area contributed by atoms with Gasteiger partial charge in [0.15, 0.2) is 5.79 Å². The van der Waals surface area contributed by atoms with E-state index in [2.05, 4.69) is 0 Å². The zero-order valence-corrected chi connectivity index (χ0v) is 13.1. The molecule has 0 saturated carbocycles. The van der Waals surface area contributed by atoms with E-state index in [9.17, 15) is 10.1 Å². The highest BCUT2D eigenvalue weighted by molar-refractivity contribution is 5.55. The predicted molar refractivity (Wildman–Crippen MR) is 83.0 cm³/mol. The Morgan fingerprint density at radius 1 is 1.19 bits per heavy atom. The van der Waals surface area contributed by atoms with Crippen LogP contribution >= 0.6 is 0 Å². The molecule has 1 aromatic carbocycles. The van der Waals surface area contributed by atoms with Crippen LogP contribution in [0.5, 0.6) is 0 Å². The molecular formula is C16H23NO4. The number of nitro groups is 1. The number of hydrogen-bond acceptors (Lipinski definition) is 4. The summed E-state index contributed by atoms with van der Waals surface area (Å²) >= 11 is 0. The number of rotatable bonds is 2. The van der Waals surface area contributed by atoms with Gasteiger partial charge in [-0.2, -0.15) is 0 Å². The van der Waals surface area contributed by atoms with E-state index in [1.165, 1.54) is 12.1 Å². The van der Waals surface area contributed by atoms with Crippen LogP contribution in [0.3, 0.4) is 0 Å². The Labute approximate surface area is 125 Å². The smallest absolute Gasteiger partial charge is 0.269 e. The molecule has 0 aliphatic carbocycles. The summed E-state index contributed by atoms with van der Waals surface area (Å²) in [6.07, 6.45) is 2.80. The minimum Gasteiger partial charge on any atom is -0.350 e. The summed E-state index contributed by atoms with van der Waals surface area (Å²) in [5.74, 6) is -0.551. The third-order valence-corrected chi connectivity index (χ3v) is 2.95. The molecule has 5 nitrogen and oxygen atoms in total. The van der Waals surface area contributed by atoms with E-state index in [0.717, 1.165) is 17.6 Å². The molecule has 5 heteroatoms. The van der Waals surface area contributed by atoms with E-state index in [1.807, 2.05) is 33.8 Å². The van der Waals surface area contributed by atoms with Gasteiger partial charge in [-0.05, 0) is 43.5 Å². The topological polar surface area (TPSA) is 61.6 Å². The molecule has 0 amide bonds. The first-order chi connectivity index (χ1) is 9.96. The highest BCUT2D eigenvalue weighted by Crippen LogP contribution is 2.22. The van der Waals surface area contributed by atoms with Crippen LogP contribution in [0.2, 0.25) is 0 Å². The normalized spacial score (nSPS) is 19.3. The lowest BCUT2D eigenvalue weighted by atomic mass is 10.1. The van der Waals surface area contributed by atoms with E-state index >= 15 is 0 Å². The molecule has 2 rings (SSSR count). The summed E-state index contributed by atoms with van der Waals surface area (Å²) < 4.78 is 11.2. The van der Waals surface area contributed by atoms with Crippen LogP contribution in [0.25, 0.3) is 6.08 Å². The fourth-order valence-corrected chi connectivity index (χ4v) is 1.85. The lowest BCUT2D eigenvalue weighted by Gasteiger charge is -2.22. The number of hydrogen-bond donors (Lipinski definition) is 0. The SMILES string of the molecule is CC.CC1(C)OCC/C(=C/c2ccc([N+](=O)[O-])cc2)CO1. The lowest BCUT2D eigenvalue weighted by molar-refractivity contribution is -0.384. The molecule has 0 bridgehead atoms. The summed E-state index contributed by atoms with van der Waals surface area (Å²) in [6, 6.07) is 6.48. The van der Waals surface area contributed by atoms with E-state index < -0.39 is 10.7 Å². The van der Waals surface area contributed by atoms with E-state index in [-0.39, 0.29) is 5.69 Å². The highest BCUT2D eigenvalue weighted by atomic mass is 16.7. The molecule has 116 valence electrons. The van der Waals surface area contributed by atoms with Crippen molar-refractivity contribution in [3.05, 3.63) is 45.5 Å². The summed E-state index contributed by atoms with van der Waals surface area (Å²) in [4.78, 5) is 10.2.